The number of Topliss-reactive ketones (excluding diaryl/α,β-unsaturated/α-hetero) is 1. The van der Waals surface area contributed by atoms with Crippen molar-refractivity contribution in [3.8, 4) is 23.0 Å². The number of benzene rings is 3. The maximum Gasteiger partial charge on any atom is 0.343 e. The van der Waals surface area contributed by atoms with E-state index in [1.165, 1.54) is 50.5 Å². The summed E-state index contributed by atoms with van der Waals surface area (Å²) in [6.07, 6.45) is -0.0461. The minimum Gasteiger partial charge on any atom is -0.497 e. The first-order chi connectivity index (χ1) is 18.8. The topological polar surface area (TPSA) is 118 Å². The summed E-state index contributed by atoms with van der Waals surface area (Å²) < 4.78 is 26.2. The Labute approximate surface area is 225 Å². The fraction of sp³-hybridized carbons (Fsp3) is 0.241. The molecule has 1 aliphatic rings. The Bertz CT molecular complexity index is 1380. The third-order valence-electron chi connectivity index (χ3n) is 6.17. The van der Waals surface area contributed by atoms with Crippen LogP contribution in [0.15, 0.2) is 66.7 Å². The van der Waals surface area contributed by atoms with E-state index in [-0.39, 0.29) is 30.2 Å². The van der Waals surface area contributed by atoms with Crippen molar-refractivity contribution in [2.24, 2.45) is 5.92 Å². The second-order valence-electron chi connectivity index (χ2n) is 8.62. The molecule has 1 atom stereocenters. The van der Waals surface area contributed by atoms with Crippen molar-refractivity contribution in [1.29, 1.82) is 0 Å². The molecule has 1 heterocycles. The first-order valence-corrected chi connectivity index (χ1v) is 12.0. The lowest BCUT2D eigenvalue weighted by Gasteiger charge is -2.20. The molecule has 1 amide bonds. The van der Waals surface area contributed by atoms with E-state index in [9.17, 15) is 19.2 Å². The van der Waals surface area contributed by atoms with E-state index in [2.05, 4.69) is 0 Å². The van der Waals surface area contributed by atoms with E-state index < -0.39 is 30.2 Å². The van der Waals surface area contributed by atoms with Gasteiger partial charge >= 0.3 is 11.9 Å². The van der Waals surface area contributed by atoms with E-state index in [0.717, 1.165) is 0 Å². The average molecular weight is 534 g/mol. The smallest absolute Gasteiger partial charge is 0.343 e. The molecule has 3 aromatic carbocycles. The number of carbonyl (C=O) groups is 4. The van der Waals surface area contributed by atoms with Gasteiger partial charge < -0.3 is 28.6 Å². The Morgan fingerprint density at radius 2 is 1.51 bits per heavy atom. The lowest BCUT2D eigenvalue weighted by atomic mass is 10.1. The van der Waals surface area contributed by atoms with Crippen molar-refractivity contribution >= 4 is 29.3 Å². The fourth-order valence-electron chi connectivity index (χ4n) is 4.07. The van der Waals surface area contributed by atoms with Gasteiger partial charge in [-0.05, 0) is 54.6 Å². The summed E-state index contributed by atoms with van der Waals surface area (Å²) in [6.45, 7) is -0.389. The summed E-state index contributed by atoms with van der Waals surface area (Å²) in [6, 6.07) is 17.5. The summed E-state index contributed by atoms with van der Waals surface area (Å²) in [5.41, 5.74) is 1.11. The molecule has 0 unspecified atom stereocenters. The van der Waals surface area contributed by atoms with Gasteiger partial charge in [0.25, 0.3) is 0 Å². The number of carbonyl (C=O) groups excluding carboxylic acids is 4. The molecule has 0 aromatic heterocycles. The molecule has 10 heteroatoms. The summed E-state index contributed by atoms with van der Waals surface area (Å²) >= 11 is 0. The highest BCUT2D eigenvalue weighted by Gasteiger charge is 2.37. The van der Waals surface area contributed by atoms with Crippen molar-refractivity contribution in [2.45, 2.75) is 6.42 Å². The molecule has 0 spiro atoms. The van der Waals surface area contributed by atoms with Gasteiger partial charge in [-0.2, -0.15) is 0 Å². The minimum atomic E-state index is -0.726. The van der Waals surface area contributed by atoms with Gasteiger partial charge in [0.1, 0.15) is 23.0 Å². The standard InChI is InChI=1S/C29H27NO9/c1-35-22-6-4-5-19(13-22)29(34)39-21-9-7-18(8-10-21)25(31)17-38-28(33)20-14-27(32)30(16-20)24-12-11-23(36-2)15-26(24)37-3/h4-13,15,20H,14,16-17H2,1-3H3/t20-/m0/s1. The fourth-order valence-corrected chi connectivity index (χ4v) is 4.07. The monoisotopic (exact) mass is 533 g/mol. The van der Waals surface area contributed by atoms with Crippen LogP contribution in [0, 0.1) is 5.92 Å². The lowest BCUT2D eigenvalue weighted by Crippen LogP contribution is -2.27. The van der Waals surface area contributed by atoms with Gasteiger partial charge in [0.2, 0.25) is 5.91 Å². The molecule has 1 fully saturated rings. The van der Waals surface area contributed by atoms with Crippen LogP contribution in [0.4, 0.5) is 5.69 Å². The highest BCUT2D eigenvalue weighted by Crippen LogP contribution is 2.36. The Morgan fingerprint density at radius 3 is 2.21 bits per heavy atom. The zero-order valence-electron chi connectivity index (χ0n) is 21.7. The van der Waals surface area contributed by atoms with Crippen molar-refractivity contribution in [2.75, 3.05) is 39.4 Å². The molecule has 202 valence electrons. The highest BCUT2D eigenvalue weighted by molar-refractivity contribution is 6.02. The van der Waals surface area contributed by atoms with Crippen molar-refractivity contribution in [3.05, 3.63) is 77.9 Å². The van der Waals surface area contributed by atoms with Crippen molar-refractivity contribution in [3.63, 3.8) is 0 Å². The van der Waals surface area contributed by atoms with Gasteiger partial charge in [0, 0.05) is 24.6 Å². The number of amides is 1. The number of ketones is 1. The predicted molar refractivity (Wildman–Crippen MR) is 140 cm³/mol. The van der Waals surface area contributed by atoms with Gasteiger partial charge in [-0.3, -0.25) is 14.4 Å². The van der Waals surface area contributed by atoms with E-state index >= 15 is 0 Å². The number of ether oxygens (including phenoxy) is 5. The first kappa shape index (κ1) is 27.2. The number of esters is 2. The van der Waals surface area contributed by atoms with Gasteiger partial charge in [-0.15, -0.1) is 0 Å². The Kier molecular flexibility index (Phi) is 8.45. The van der Waals surface area contributed by atoms with Crippen LogP contribution in [0.1, 0.15) is 27.1 Å². The maximum atomic E-state index is 12.6. The molecule has 10 nitrogen and oxygen atoms in total. The van der Waals surface area contributed by atoms with Crippen LogP contribution >= 0.6 is 0 Å². The third-order valence-corrected chi connectivity index (χ3v) is 6.17. The van der Waals surface area contributed by atoms with Gasteiger partial charge in [0.05, 0.1) is 38.5 Å². The summed E-state index contributed by atoms with van der Waals surface area (Å²) in [5.74, 6) is -0.868. The number of methoxy groups -OCH3 is 3. The van der Waals surface area contributed by atoms with Crippen LogP contribution in [0.2, 0.25) is 0 Å². The number of anilines is 1. The first-order valence-electron chi connectivity index (χ1n) is 12.0. The SMILES string of the molecule is COc1cccc(C(=O)Oc2ccc(C(=O)COC(=O)[C@H]3CC(=O)N(c4ccc(OC)cc4OC)C3)cc2)c1. The maximum absolute atomic E-state index is 12.6. The molecule has 0 bridgehead atoms. The zero-order valence-corrected chi connectivity index (χ0v) is 21.7. The normalized spacial score (nSPS) is 14.5. The number of hydrogen-bond acceptors (Lipinski definition) is 9. The molecule has 4 rings (SSSR count). The number of nitrogens with zero attached hydrogens (tertiary/aromatic N) is 1. The Morgan fingerprint density at radius 1 is 0.821 bits per heavy atom. The molecule has 3 aromatic rings. The van der Waals surface area contributed by atoms with Crippen LogP contribution in [-0.4, -0.2) is 58.1 Å². The molecule has 39 heavy (non-hydrogen) atoms. The lowest BCUT2D eigenvalue weighted by molar-refractivity contribution is -0.147. The molecular weight excluding hydrogens is 506 g/mol. The van der Waals surface area contributed by atoms with Gasteiger partial charge in [-0.1, -0.05) is 6.07 Å². The Balaban J connectivity index is 1.31. The second kappa shape index (κ2) is 12.1. The van der Waals surface area contributed by atoms with Crippen molar-refractivity contribution < 1.29 is 42.9 Å². The quantitative estimate of drug-likeness (QED) is 0.218. The average Bonchev–Trinajstić information content (AvgIpc) is 3.36. The van der Waals surface area contributed by atoms with Gasteiger partial charge in [-0.25, -0.2) is 4.79 Å². The summed E-state index contributed by atoms with van der Waals surface area (Å²) in [4.78, 5) is 51.7. The largest absolute Gasteiger partial charge is 0.497 e. The summed E-state index contributed by atoms with van der Waals surface area (Å²) in [7, 11) is 4.50. The van der Waals surface area contributed by atoms with E-state index in [1.54, 1.807) is 42.5 Å². The molecule has 0 aliphatic carbocycles. The van der Waals surface area contributed by atoms with Gasteiger partial charge in [0.15, 0.2) is 12.4 Å². The minimum absolute atomic E-state index is 0.0461. The second-order valence-corrected chi connectivity index (χ2v) is 8.62. The van der Waals surface area contributed by atoms with E-state index in [0.29, 0.717) is 28.5 Å². The summed E-state index contributed by atoms with van der Waals surface area (Å²) in [5, 5.41) is 0. The number of hydrogen-bond donors (Lipinski definition) is 0. The van der Waals surface area contributed by atoms with Crippen LogP contribution in [-0.2, 0) is 14.3 Å². The van der Waals surface area contributed by atoms with Crippen LogP contribution < -0.4 is 23.8 Å². The third kappa shape index (κ3) is 6.35. The molecule has 0 saturated carbocycles. The predicted octanol–water partition coefficient (Wildman–Crippen LogP) is 3.71. The Hall–Kier alpha value is -4.86. The molecule has 1 aliphatic heterocycles. The molecular formula is C29H27NO9. The number of rotatable bonds is 10. The molecule has 0 N–H and O–H groups in total. The van der Waals surface area contributed by atoms with Crippen LogP contribution in [0.5, 0.6) is 23.0 Å². The van der Waals surface area contributed by atoms with E-state index in [1.807, 2.05) is 0 Å². The highest BCUT2D eigenvalue weighted by atomic mass is 16.5. The molecule has 0 radical (unpaired) electrons. The van der Waals surface area contributed by atoms with E-state index in [4.69, 9.17) is 23.7 Å². The zero-order chi connectivity index (χ0) is 27.9. The van der Waals surface area contributed by atoms with Crippen molar-refractivity contribution in [1.82, 2.24) is 0 Å². The van der Waals surface area contributed by atoms with Crippen LogP contribution in [0.3, 0.4) is 0 Å². The molecule has 1 saturated heterocycles. The van der Waals surface area contributed by atoms with Crippen LogP contribution in [0.25, 0.3) is 0 Å².